The number of ether oxygens (including phenoxy) is 2. The van der Waals surface area contributed by atoms with Crippen molar-refractivity contribution in [2.75, 3.05) is 6.79 Å². The van der Waals surface area contributed by atoms with E-state index in [0.29, 0.717) is 11.3 Å². The molecule has 7 nitrogen and oxygen atoms in total. The van der Waals surface area contributed by atoms with Crippen LogP contribution >= 0.6 is 0 Å². The van der Waals surface area contributed by atoms with Gasteiger partial charge in [0.05, 0.1) is 17.3 Å². The van der Waals surface area contributed by atoms with Crippen LogP contribution in [0.15, 0.2) is 30.5 Å². The van der Waals surface area contributed by atoms with E-state index in [2.05, 4.69) is 15.4 Å². The summed E-state index contributed by atoms with van der Waals surface area (Å²) in [6.45, 7) is 4.06. The van der Waals surface area contributed by atoms with Crippen LogP contribution in [0.1, 0.15) is 34.6 Å². The summed E-state index contributed by atoms with van der Waals surface area (Å²) in [5.41, 5.74) is 3.07. The van der Waals surface area contributed by atoms with Crippen molar-refractivity contribution in [2.45, 2.75) is 19.9 Å². The van der Waals surface area contributed by atoms with Crippen LogP contribution in [-0.4, -0.2) is 27.5 Å². The van der Waals surface area contributed by atoms with Gasteiger partial charge >= 0.3 is 0 Å². The van der Waals surface area contributed by atoms with Gasteiger partial charge in [0, 0.05) is 18.6 Å². The van der Waals surface area contributed by atoms with E-state index in [1.54, 1.807) is 10.9 Å². The lowest BCUT2D eigenvalue weighted by Crippen LogP contribution is -2.26. The largest absolute Gasteiger partial charge is 0.454 e. The first-order valence-corrected chi connectivity index (χ1v) is 8.02. The molecule has 0 radical (unpaired) electrons. The zero-order valence-corrected chi connectivity index (χ0v) is 14.2. The first-order valence-electron chi connectivity index (χ1n) is 8.02. The SMILES string of the molecule is Cc1nn(C)c2ncc(C(=O)NC(C)c3ccc4c(c3)OCO4)cc12. The summed E-state index contributed by atoms with van der Waals surface area (Å²) in [5.74, 6) is 1.25. The number of fused-ring (bicyclic) bond motifs is 2. The molecule has 2 aromatic heterocycles. The first-order chi connectivity index (χ1) is 12.0. The second-order valence-electron chi connectivity index (χ2n) is 6.11. The van der Waals surface area contributed by atoms with Crippen molar-refractivity contribution in [1.29, 1.82) is 0 Å². The van der Waals surface area contributed by atoms with E-state index in [1.165, 1.54) is 0 Å². The minimum atomic E-state index is -0.178. The van der Waals surface area contributed by atoms with Crippen molar-refractivity contribution < 1.29 is 14.3 Å². The molecule has 128 valence electrons. The summed E-state index contributed by atoms with van der Waals surface area (Å²) in [5, 5.41) is 8.20. The fraction of sp³-hybridized carbons (Fsp3) is 0.278. The van der Waals surface area contributed by atoms with E-state index in [-0.39, 0.29) is 18.7 Å². The number of carbonyl (C=O) groups excluding carboxylic acids is 1. The van der Waals surface area contributed by atoms with Crippen molar-refractivity contribution in [3.8, 4) is 11.5 Å². The summed E-state index contributed by atoms with van der Waals surface area (Å²) >= 11 is 0. The fourth-order valence-corrected chi connectivity index (χ4v) is 2.98. The first kappa shape index (κ1) is 15.4. The van der Waals surface area contributed by atoms with Crippen LogP contribution in [0.3, 0.4) is 0 Å². The predicted molar refractivity (Wildman–Crippen MR) is 91.7 cm³/mol. The van der Waals surface area contributed by atoms with E-state index < -0.39 is 0 Å². The lowest BCUT2D eigenvalue weighted by Gasteiger charge is -2.15. The topological polar surface area (TPSA) is 78.3 Å². The minimum absolute atomic E-state index is 0.173. The number of amides is 1. The number of hydrogen-bond donors (Lipinski definition) is 1. The molecule has 0 saturated heterocycles. The average Bonchev–Trinajstić information content (AvgIpc) is 3.18. The summed E-state index contributed by atoms with van der Waals surface area (Å²) in [4.78, 5) is 16.9. The number of aryl methyl sites for hydroxylation is 2. The molecule has 7 heteroatoms. The number of pyridine rings is 1. The molecule has 0 bridgehead atoms. The number of aromatic nitrogens is 3. The van der Waals surface area contributed by atoms with E-state index >= 15 is 0 Å². The van der Waals surface area contributed by atoms with Crippen LogP contribution in [-0.2, 0) is 7.05 Å². The molecular formula is C18H18N4O3. The number of nitrogens with zero attached hydrogens (tertiary/aromatic N) is 3. The number of carbonyl (C=O) groups is 1. The lowest BCUT2D eigenvalue weighted by atomic mass is 10.1. The summed E-state index contributed by atoms with van der Waals surface area (Å²) < 4.78 is 12.4. The normalized spacial score (nSPS) is 13.9. The highest BCUT2D eigenvalue weighted by Crippen LogP contribution is 2.34. The fourth-order valence-electron chi connectivity index (χ4n) is 2.98. The highest BCUT2D eigenvalue weighted by atomic mass is 16.7. The quantitative estimate of drug-likeness (QED) is 0.794. The Morgan fingerprint density at radius 2 is 2.08 bits per heavy atom. The van der Waals surface area contributed by atoms with Gasteiger partial charge in [-0.15, -0.1) is 0 Å². The van der Waals surface area contributed by atoms with Gasteiger partial charge in [-0.3, -0.25) is 9.48 Å². The highest BCUT2D eigenvalue weighted by Gasteiger charge is 2.18. The van der Waals surface area contributed by atoms with Crippen LogP contribution < -0.4 is 14.8 Å². The highest BCUT2D eigenvalue weighted by molar-refractivity contribution is 5.97. The van der Waals surface area contributed by atoms with E-state index in [1.807, 2.05) is 45.2 Å². The molecule has 25 heavy (non-hydrogen) atoms. The van der Waals surface area contributed by atoms with Crippen LogP contribution in [0.5, 0.6) is 11.5 Å². The molecule has 1 unspecified atom stereocenters. The molecule has 3 heterocycles. The second-order valence-corrected chi connectivity index (χ2v) is 6.11. The van der Waals surface area contributed by atoms with Crippen molar-refractivity contribution in [1.82, 2.24) is 20.1 Å². The molecule has 1 aliphatic heterocycles. The van der Waals surface area contributed by atoms with Crippen molar-refractivity contribution in [3.05, 3.63) is 47.3 Å². The standard InChI is InChI=1S/C18H18N4O3/c1-10(12-4-5-15-16(7-12)25-9-24-15)20-18(23)13-6-14-11(2)21-22(3)17(14)19-8-13/h4-8,10H,9H2,1-3H3,(H,20,23). The van der Waals surface area contributed by atoms with Crippen LogP contribution in [0.2, 0.25) is 0 Å². The number of hydrogen-bond acceptors (Lipinski definition) is 5. The molecule has 1 aliphatic rings. The molecule has 1 amide bonds. The molecule has 1 aromatic carbocycles. The third kappa shape index (κ3) is 2.67. The molecular weight excluding hydrogens is 320 g/mol. The number of benzene rings is 1. The summed E-state index contributed by atoms with van der Waals surface area (Å²) in [6, 6.07) is 7.32. The molecule has 0 fully saturated rings. The Bertz CT molecular complexity index is 980. The van der Waals surface area contributed by atoms with Gasteiger partial charge in [-0.05, 0) is 37.6 Å². The van der Waals surface area contributed by atoms with E-state index in [0.717, 1.165) is 28.0 Å². The van der Waals surface area contributed by atoms with Crippen molar-refractivity contribution in [2.24, 2.45) is 7.05 Å². The smallest absolute Gasteiger partial charge is 0.253 e. The second kappa shape index (κ2) is 5.77. The van der Waals surface area contributed by atoms with Crippen LogP contribution in [0, 0.1) is 6.92 Å². The van der Waals surface area contributed by atoms with Gasteiger partial charge in [0.25, 0.3) is 5.91 Å². The molecule has 0 spiro atoms. The van der Waals surface area contributed by atoms with E-state index in [9.17, 15) is 4.79 Å². The number of rotatable bonds is 3. The molecule has 4 rings (SSSR count). The lowest BCUT2D eigenvalue weighted by molar-refractivity contribution is 0.0939. The molecule has 0 saturated carbocycles. The summed E-state index contributed by atoms with van der Waals surface area (Å²) in [7, 11) is 1.84. The third-order valence-electron chi connectivity index (χ3n) is 4.37. The minimum Gasteiger partial charge on any atom is -0.454 e. The zero-order chi connectivity index (χ0) is 17.6. The van der Waals surface area contributed by atoms with Gasteiger partial charge < -0.3 is 14.8 Å². The predicted octanol–water partition coefficient (Wildman–Crippen LogP) is 2.50. The monoisotopic (exact) mass is 338 g/mol. The van der Waals surface area contributed by atoms with E-state index in [4.69, 9.17) is 9.47 Å². The maximum atomic E-state index is 12.6. The van der Waals surface area contributed by atoms with Crippen molar-refractivity contribution in [3.63, 3.8) is 0 Å². The Hall–Kier alpha value is -3.09. The Balaban J connectivity index is 1.56. The van der Waals surface area contributed by atoms with Gasteiger partial charge in [0.2, 0.25) is 6.79 Å². The van der Waals surface area contributed by atoms with Crippen molar-refractivity contribution >= 4 is 16.9 Å². The Morgan fingerprint density at radius 1 is 1.28 bits per heavy atom. The zero-order valence-electron chi connectivity index (χ0n) is 14.2. The van der Waals surface area contributed by atoms with Gasteiger partial charge in [-0.1, -0.05) is 6.07 Å². The molecule has 1 atom stereocenters. The Kier molecular flexibility index (Phi) is 3.56. The van der Waals surface area contributed by atoms with Gasteiger partial charge in [0.1, 0.15) is 0 Å². The molecule has 3 aromatic rings. The summed E-state index contributed by atoms with van der Waals surface area (Å²) in [6.07, 6.45) is 1.57. The molecule has 1 N–H and O–H groups in total. The van der Waals surface area contributed by atoms with Gasteiger partial charge in [-0.2, -0.15) is 5.10 Å². The maximum Gasteiger partial charge on any atom is 0.253 e. The maximum absolute atomic E-state index is 12.6. The number of nitrogens with one attached hydrogen (secondary N) is 1. The van der Waals surface area contributed by atoms with Gasteiger partial charge in [-0.25, -0.2) is 4.98 Å². The van der Waals surface area contributed by atoms with Crippen LogP contribution in [0.4, 0.5) is 0 Å². The third-order valence-corrected chi connectivity index (χ3v) is 4.37. The van der Waals surface area contributed by atoms with Crippen LogP contribution in [0.25, 0.3) is 11.0 Å². The average molecular weight is 338 g/mol. The Labute approximate surface area is 144 Å². The van der Waals surface area contributed by atoms with Gasteiger partial charge in [0.15, 0.2) is 17.1 Å². The Morgan fingerprint density at radius 3 is 2.92 bits per heavy atom. The molecule has 0 aliphatic carbocycles.